The fraction of sp³-hybridized carbons (Fsp3) is 0.231. The van der Waals surface area contributed by atoms with Gasteiger partial charge in [-0.15, -0.1) is 11.3 Å². The Morgan fingerprint density at radius 2 is 1.95 bits per heavy atom. The first-order valence-corrected chi connectivity index (χ1v) is 9.74. The maximum atomic E-state index is 12.7. The Hall–Kier alpha value is -0.370. The van der Waals surface area contributed by atoms with Crippen molar-refractivity contribution in [2.45, 2.75) is 18.1 Å². The summed E-state index contributed by atoms with van der Waals surface area (Å²) in [6.07, 6.45) is 0. The molecule has 1 heterocycles. The molecule has 3 nitrogen and oxygen atoms in total. The molecule has 0 bridgehead atoms. The lowest BCUT2D eigenvalue weighted by Crippen LogP contribution is -2.30. The average molecular weight is 439 g/mol. The first kappa shape index (κ1) is 16.0. The fourth-order valence-electron chi connectivity index (χ4n) is 1.84. The monoisotopic (exact) mass is 437 g/mol. The summed E-state index contributed by atoms with van der Waals surface area (Å²) in [7, 11) is -3.53. The lowest BCUT2D eigenvalue weighted by Gasteiger charge is -2.22. The molecule has 0 atom stereocenters. The van der Waals surface area contributed by atoms with Gasteiger partial charge in [-0.25, -0.2) is 8.42 Å². The average Bonchev–Trinajstić information content (AvgIpc) is 2.71. The van der Waals surface area contributed by atoms with Gasteiger partial charge in [0.25, 0.3) is 10.0 Å². The maximum Gasteiger partial charge on any atom is 0.273 e. The van der Waals surface area contributed by atoms with E-state index < -0.39 is 10.0 Å². The smallest absolute Gasteiger partial charge is 0.266 e. The molecule has 108 valence electrons. The first-order chi connectivity index (χ1) is 9.36. The van der Waals surface area contributed by atoms with E-state index in [0.717, 1.165) is 13.8 Å². The van der Waals surface area contributed by atoms with Crippen molar-refractivity contribution in [2.24, 2.45) is 0 Å². The molecule has 20 heavy (non-hydrogen) atoms. The van der Waals surface area contributed by atoms with Gasteiger partial charge in [-0.2, -0.15) is 0 Å². The Kier molecular flexibility index (Phi) is 4.94. The van der Waals surface area contributed by atoms with Crippen molar-refractivity contribution in [3.8, 4) is 0 Å². The summed E-state index contributed by atoms with van der Waals surface area (Å²) in [4.78, 5) is 0. The Balaban J connectivity index is 2.50. The number of hydrogen-bond donors (Lipinski definition) is 0. The molecule has 7 heteroatoms. The number of anilines is 1. The van der Waals surface area contributed by atoms with E-state index in [1.807, 2.05) is 38.1 Å². The highest BCUT2D eigenvalue weighted by Gasteiger charge is 2.26. The quantitative estimate of drug-likeness (QED) is 0.687. The summed E-state index contributed by atoms with van der Waals surface area (Å²) >= 11 is 7.87. The molecule has 0 saturated heterocycles. The van der Waals surface area contributed by atoms with Gasteiger partial charge in [-0.3, -0.25) is 4.31 Å². The predicted octanol–water partition coefficient (Wildman–Crippen LogP) is 4.80. The molecule has 0 N–H and O–H groups in total. The number of rotatable bonds is 4. The topological polar surface area (TPSA) is 37.4 Å². The van der Waals surface area contributed by atoms with Gasteiger partial charge in [-0.05, 0) is 69.5 Å². The Morgan fingerprint density at radius 1 is 1.25 bits per heavy atom. The molecule has 1 aromatic carbocycles. The van der Waals surface area contributed by atoms with Gasteiger partial charge >= 0.3 is 0 Å². The van der Waals surface area contributed by atoms with Gasteiger partial charge in [0, 0.05) is 11.0 Å². The molecular weight excluding hydrogens is 426 g/mol. The van der Waals surface area contributed by atoms with Crippen molar-refractivity contribution in [3.63, 3.8) is 0 Å². The fourth-order valence-corrected chi connectivity index (χ4v) is 6.24. The van der Waals surface area contributed by atoms with E-state index in [2.05, 4.69) is 31.9 Å². The molecule has 0 spiro atoms. The van der Waals surface area contributed by atoms with Gasteiger partial charge in [0.1, 0.15) is 4.21 Å². The third-order valence-corrected chi connectivity index (χ3v) is 8.35. The molecule has 0 radical (unpaired) electrons. The van der Waals surface area contributed by atoms with Gasteiger partial charge in [0.05, 0.1) is 9.47 Å². The largest absolute Gasteiger partial charge is 0.273 e. The molecule has 1 aromatic heterocycles. The van der Waals surface area contributed by atoms with Gasteiger partial charge in [0.2, 0.25) is 0 Å². The van der Waals surface area contributed by atoms with Crippen LogP contribution in [0.25, 0.3) is 0 Å². The Labute approximate surface area is 139 Å². The van der Waals surface area contributed by atoms with Crippen LogP contribution >= 0.6 is 43.2 Å². The third-order valence-electron chi connectivity index (χ3n) is 2.74. The molecule has 0 aliphatic rings. The SMILES string of the molecule is CCN(c1cccc(C)c1)S(=O)(=O)c1cc(Br)c(Br)s1. The highest BCUT2D eigenvalue weighted by Crippen LogP contribution is 2.37. The highest BCUT2D eigenvalue weighted by atomic mass is 79.9. The summed E-state index contributed by atoms with van der Waals surface area (Å²) < 4.78 is 28.7. The van der Waals surface area contributed by atoms with Crippen LogP contribution in [0.15, 0.2) is 42.8 Å². The minimum Gasteiger partial charge on any atom is -0.266 e. The number of aryl methyl sites for hydroxylation is 1. The minimum absolute atomic E-state index is 0.319. The first-order valence-electron chi connectivity index (χ1n) is 5.90. The van der Waals surface area contributed by atoms with Gasteiger partial charge in [-0.1, -0.05) is 12.1 Å². The van der Waals surface area contributed by atoms with Crippen molar-refractivity contribution in [1.29, 1.82) is 0 Å². The van der Waals surface area contributed by atoms with E-state index in [1.165, 1.54) is 15.6 Å². The zero-order valence-corrected chi connectivity index (χ0v) is 15.7. The molecule has 0 unspecified atom stereocenters. The van der Waals surface area contributed by atoms with Crippen LogP contribution < -0.4 is 4.31 Å². The molecule has 0 saturated carbocycles. The van der Waals surface area contributed by atoms with E-state index in [9.17, 15) is 8.42 Å². The van der Waals surface area contributed by atoms with E-state index in [1.54, 1.807) is 6.07 Å². The zero-order chi connectivity index (χ0) is 14.9. The second kappa shape index (κ2) is 6.17. The molecule has 0 aliphatic carbocycles. The van der Waals surface area contributed by atoms with Crippen LogP contribution in [0.1, 0.15) is 12.5 Å². The van der Waals surface area contributed by atoms with Crippen LogP contribution in [-0.2, 0) is 10.0 Å². The number of sulfonamides is 1. The maximum absolute atomic E-state index is 12.7. The molecule has 2 aromatic rings. The third kappa shape index (κ3) is 3.10. The molecule has 0 fully saturated rings. The van der Waals surface area contributed by atoms with Crippen molar-refractivity contribution < 1.29 is 8.42 Å². The van der Waals surface area contributed by atoms with Gasteiger partial charge in [0.15, 0.2) is 0 Å². The molecule has 0 aliphatic heterocycles. The number of thiophene rings is 1. The van der Waals surface area contributed by atoms with Crippen LogP contribution in [0.2, 0.25) is 0 Å². The lowest BCUT2D eigenvalue weighted by molar-refractivity contribution is 0.594. The summed E-state index contributed by atoms with van der Waals surface area (Å²) in [5.74, 6) is 0. The summed E-state index contributed by atoms with van der Waals surface area (Å²) in [5.41, 5.74) is 1.72. The Morgan fingerprint density at radius 3 is 2.45 bits per heavy atom. The van der Waals surface area contributed by atoms with Crippen molar-refractivity contribution in [2.75, 3.05) is 10.8 Å². The zero-order valence-electron chi connectivity index (χ0n) is 10.9. The Bertz CT molecular complexity index is 706. The van der Waals surface area contributed by atoms with E-state index in [4.69, 9.17) is 0 Å². The summed E-state index contributed by atoms with van der Waals surface area (Å²) in [6.45, 7) is 4.17. The number of nitrogens with zero attached hydrogens (tertiary/aromatic N) is 1. The second-order valence-corrected chi connectivity index (χ2v) is 9.51. The minimum atomic E-state index is -3.53. The number of benzene rings is 1. The van der Waals surface area contributed by atoms with E-state index >= 15 is 0 Å². The van der Waals surface area contributed by atoms with E-state index in [0.29, 0.717) is 16.4 Å². The lowest BCUT2D eigenvalue weighted by atomic mass is 10.2. The summed E-state index contributed by atoms with van der Waals surface area (Å²) in [6, 6.07) is 9.12. The normalized spacial score (nSPS) is 11.6. The van der Waals surface area contributed by atoms with E-state index in [-0.39, 0.29) is 0 Å². The highest BCUT2D eigenvalue weighted by molar-refractivity contribution is 9.13. The summed E-state index contributed by atoms with van der Waals surface area (Å²) in [5, 5.41) is 0. The second-order valence-electron chi connectivity index (χ2n) is 4.20. The van der Waals surface area contributed by atoms with Crippen LogP contribution in [-0.4, -0.2) is 15.0 Å². The molecule has 2 rings (SSSR count). The predicted molar refractivity (Wildman–Crippen MR) is 91.1 cm³/mol. The van der Waals surface area contributed by atoms with Crippen molar-refractivity contribution in [1.82, 2.24) is 0 Å². The number of hydrogen-bond acceptors (Lipinski definition) is 3. The van der Waals surface area contributed by atoms with Crippen LogP contribution in [0.3, 0.4) is 0 Å². The van der Waals surface area contributed by atoms with Crippen LogP contribution in [0.5, 0.6) is 0 Å². The van der Waals surface area contributed by atoms with Crippen LogP contribution in [0, 0.1) is 6.92 Å². The van der Waals surface area contributed by atoms with Crippen molar-refractivity contribution in [3.05, 3.63) is 44.2 Å². The standard InChI is InChI=1S/C13H13Br2NO2S2/c1-3-16(10-6-4-5-9(2)7-10)20(17,18)12-8-11(14)13(15)19-12/h4-8H,3H2,1-2H3. The number of halogens is 2. The molecular formula is C13H13Br2NO2S2. The van der Waals surface area contributed by atoms with Gasteiger partial charge < -0.3 is 0 Å². The van der Waals surface area contributed by atoms with Crippen LogP contribution in [0.4, 0.5) is 5.69 Å². The molecule has 0 amide bonds. The van der Waals surface area contributed by atoms with Crippen molar-refractivity contribution >= 4 is 58.9 Å².